The Morgan fingerprint density at radius 2 is 2.00 bits per heavy atom. The van der Waals surface area contributed by atoms with Gasteiger partial charge in [0.05, 0.1) is 6.04 Å². The highest BCUT2D eigenvalue weighted by Crippen LogP contribution is 2.18. The SMILES string of the molecule is CNC(=O)c1cccc(NC(=O)C(C)N)c1C. The van der Waals surface area contributed by atoms with Crippen molar-refractivity contribution in [3.05, 3.63) is 29.3 Å². The molecule has 0 aromatic heterocycles. The van der Waals surface area contributed by atoms with E-state index >= 15 is 0 Å². The van der Waals surface area contributed by atoms with Crippen LogP contribution in [0.5, 0.6) is 0 Å². The summed E-state index contributed by atoms with van der Waals surface area (Å²) >= 11 is 0. The van der Waals surface area contributed by atoms with Gasteiger partial charge in [0.15, 0.2) is 0 Å². The second kappa shape index (κ2) is 5.45. The molecule has 4 N–H and O–H groups in total. The molecule has 0 aliphatic heterocycles. The molecule has 1 atom stereocenters. The zero-order valence-corrected chi connectivity index (χ0v) is 10.2. The second-order valence-electron chi connectivity index (χ2n) is 3.84. The standard InChI is InChI=1S/C12H17N3O2/c1-7-9(12(17)14-3)5-4-6-10(7)15-11(16)8(2)13/h4-6,8H,13H2,1-3H3,(H,14,17)(H,15,16). The van der Waals surface area contributed by atoms with E-state index < -0.39 is 6.04 Å². The van der Waals surface area contributed by atoms with E-state index in [2.05, 4.69) is 10.6 Å². The number of nitrogens with one attached hydrogen (secondary N) is 2. The molecule has 5 heteroatoms. The van der Waals surface area contributed by atoms with Crippen molar-refractivity contribution < 1.29 is 9.59 Å². The number of anilines is 1. The highest BCUT2D eigenvalue weighted by molar-refractivity contribution is 6.00. The van der Waals surface area contributed by atoms with E-state index in [9.17, 15) is 9.59 Å². The first-order valence-electron chi connectivity index (χ1n) is 5.35. The van der Waals surface area contributed by atoms with Gasteiger partial charge >= 0.3 is 0 Å². The summed E-state index contributed by atoms with van der Waals surface area (Å²) in [6.07, 6.45) is 0. The molecule has 1 aromatic rings. The molecule has 1 rings (SSSR count). The van der Waals surface area contributed by atoms with Crippen molar-refractivity contribution in [2.24, 2.45) is 5.73 Å². The summed E-state index contributed by atoms with van der Waals surface area (Å²) < 4.78 is 0. The van der Waals surface area contributed by atoms with Crippen molar-refractivity contribution >= 4 is 17.5 Å². The smallest absolute Gasteiger partial charge is 0.251 e. The topological polar surface area (TPSA) is 84.2 Å². The minimum Gasteiger partial charge on any atom is -0.355 e. The Kier molecular flexibility index (Phi) is 4.23. The van der Waals surface area contributed by atoms with Crippen LogP contribution in [0.25, 0.3) is 0 Å². The van der Waals surface area contributed by atoms with Gasteiger partial charge in [-0.3, -0.25) is 9.59 Å². The molecule has 92 valence electrons. The van der Waals surface area contributed by atoms with Crippen molar-refractivity contribution in [1.29, 1.82) is 0 Å². The Bertz CT molecular complexity index is 441. The summed E-state index contributed by atoms with van der Waals surface area (Å²) in [5.74, 6) is -0.457. The van der Waals surface area contributed by atoms with Crippen LogP contribution in [-0.4, -0.2) is 24.9 Å². The van der Waals surface area contributed by atoms with Crippen LogP contribution in [0, 0.1) is 6.92 Å². The van der Waals surface area contributed by atoms with Gasteiger partial charge in [0.1, 0.15) is 0 Å². The van der Waals surface area contributed by atoms with Gasteiger partial charge in [-0.25, -0.2) is 0 Å². The average molecular weight is 235 g/mol. The van der Waals surface area contributed by atoms with E-state index in [-0.39, 0.29) is 11.8 Å². The molecular formula is C12H17N3O2. The highest BCUT2D eigenvalue weighted by Gasteiger charge is 2.13. The normalized spacial score (nSPS) is 11.8. The molecule has 0 aliphatic rings. The number of rotatable bonds is 3. The van der Waals surface area contributed by atoms with E-state index in [4.69, 9.17) is 5.73 Å². The summed E-state index contributed by atoms with van der Waals surface area (Å²) in [5.41, 5.74) is 7.33. The van der Waals surface area contributed by atoms with Gasteiger partial charge in [-0.2, -0.15) is 0 Å². The Balaban J connectivity index is 3.02. The Morgan fingerprint density at radius 3 is 2.53 bits per heavy atom. The minimum absolute atomic E-state index is 0.181. The predicted octanol–water partition coefficient (Wildman–Crippen LogP) is 0.640. The highest BCUT2D eigenvalue weighted by atomic mass is 16.2. The quantitative estimate of drug-likeness (QED) is 0.718. The van der Waals surface area contributed by atoms with Gasteiger partial charge in [0.25, 0.3) is 5.91 Å². The van der Waals surface area contributed by atoms with Crippen LogP contribution in [0.15, 0.2) is 18.2 Å². The van der Waals surface area contributed by atoms with Gasteiger partial charge in [0.2, 0.25) is 5.91 Å². The third-order valence-electron chi connectivity index (χ3n) is 2.48. The molecule has 0 saturated heterocycles. The van der Waals surface area contributed by atoms with Gasteiger partial charge in [-0.15, -0.1) is 0 Å². The summed E-state index contributed by atoms with van der Waals surface area (Å²) in [7, 11) is 1.56. The lowest BCUT2D eigenvalue weighted by molar-refractivity contribution is -0.117. The zero-order valence-electron chi connectivity index (χ0n) is 10.2. The van der Waals surface area contributed by atoms with Crippen LogP contribution in [0.3, 0.4) is 0 Å². The number of amides is 2. The van der Waals surface area contributed by atoms with E-state index in [1.807, 2.05) is 0 Å². The molecule has 0 bridgehead atoms. The lowest BCUT2D eigenvalue weighted by Crippen LogP contribution is -2.32. The minimum atomic E-state index is -0.585. The summed E-state index contributed by atoms with van der Waals surface area (Å²) in [6.45, 7) is 3.38. The summed E-state index contributed by atoms with van der Waals surface area (Å²) in [6, 6.07) is 4.57. The van der Waals surface area contributed by atoms with Crippen molar-refractivity contribution in [1.82, 2.24) is 5.32 Å². The third kappa shape index (κ3) is 3.04. The maximum atomic E-state index is 11.6. The Hall–Kier alpha value is -1.88. The van der Waals surface area contributed by atoms with Crippen molar-refractivity contribution in [3.63, 3.8) is 0 Å². The number of carbonyl (C=O) groups is 2. The van der Waals surface area contributed by atoms with Crippen LogP contribution >= 0.6 is 0 Å². The lowest BCUT2D eigenvalue weighted by Gasteiger charge is -2.12. The zero-order chi connectivity index (χ0) is 13.0. The van der Waals surface area contributed by atoms with Gasteiger partial charge in [-0.1, -0.05) is 6.07 Å². The van der Waals surface area contributed by atoms with Crippen molar-refractivity contribution in [3.8, 4) is 0 Å². The van der Waals surface area contributed by atoms with Crippen molar-refractivity contribution in [2.45, 2.75) is 19.9 Å². The summed E-state index contributed by atoms with van der Waals surface area (Å²) in [4.78, 5) is 23.0. The average Bonchev–Trinajstić information content (AvgIpc) is 2.30. The molecule has 0 saturated carbocycles. The first kappa shape index (κ1) is 13.2. The fourth-order valence-electron chi connectivity index (χ4n) is 1.40. The Labute approximate surface area is 100 Å². The van der Waals surface area contributed by atoms with E-state index in [0.717, 1.165) is 5.56 Å². The fraction of sp³-hybridized carbons (Fsp3) is 0.333. The maximum absolute atomic E-state index is 11.6. The van der Waals surface area contributed by atoms with Crippen LogP contribution in [0.1, 0.15) is 22.8 Å². The number of hydrogen-bond acceptors (Lipinski definition) is 3. The first-order chi connectivity index (χ1) is 7.97. The van der Waals surface area contributed by atoms with Crippen LogP contribution < -0.4 is 16.4 Å². The van der Waals surface area contributed by atoms with E-state index in [1.54, 1.807) is 39.1 Å². The van der Waals surface area contributed by atoms with E-state index in [1.165, 1.54) is 0 Å². The van der Waals surface area contributed by atoms with E-state index in [0.29, 0.717) is 11.3 Å². The molecule has 5 nitrogen and oxygen atoms in total. The summed E-state index contributed by atoms with van der Waals surface area (Å²) in [5, 5.41) is 5.23. The van der Waals surface area contributed by atoms with Gasteiger partial charge < -0.3 is 16.4 Å². The van der Waals surface area contributed by atoms with Crippen LogP contribution in [0.2, 0.25) is 0 Å². The monoisotopic (exact) mass is 235 g/mol. The molecule has 1 unspecified atom stereocenters. The molecular weight excluding hydrogens is 218 g/mol. The number of hydrogen-bond donors (Lipinski definition) is 3. The molecule has 0 spiro atoms. The molecule has 2 amide bonds. The third-order valence-corrected chi connectivity index (χ3v) is 2.48. The molecule has 0 radical (unpaired) electrons. The largest absolute Gasteiger partial charge is 0.355 e. The number of carbonyl (C=O) groups excluding carboxylic acids is 2. The number of benzene rings is 1. The van der Waals surface area contributed by atoms with Crippen LogP contribution in [0.4, 0.5) is 5.69 Å². The van der Waals surface area contributed by atoms with Gasteiger partial charge in [-0.05, 0) is 31.5 Å². The number of nitrogens with two attached hydrogens (primary N) is 1. The lowest BCUT2D eigenvalue weighted by atomic mass is 10.1. The predicted molar refractivity (Wildman–Crippen MR) is 66.8 cm³/mol. The Morgan fingerprint density at radius 1 is 1.35 bits per heavy atom. The fourth-order valence-corrected chi connectivity index (χ4v) is 1.40. The molecule has 17 heavy (non-hydrogen) atoms. The van der Waals surface area contributed by atoms with Crippen LogP contribution in [-0.2, 0) is 4.79 Å². The molecule has 0 aliphatic carbocycles. The molecule has 0 fully saturated rings. The molecule has 0 heterocycles. The maximum Gasteiger partial charge on any atom is 0.251 e. The second-order valence-corrected chi connectivity index (χ2v) is 3.84. The first-order valence-corrected chi connectivity index (χ1v) is 5.35. The molecule has 1 aromatic carbocycles. The van der Waals surface area contributed by atoms with Gasteiger partial charge in [0, 0.05) is 18.3 Å². The van der Waals surface area contributed by atoms with Crippen molar-refractivity contribution in [2.75, 3.05) is 12.4 Å².